The van der Waals surface area contributed by atoms with Crippen LogP contribution in [-0.4, -0.2) is 35.4 Å². The van der Waals surface area contributed by atoms with Gasteiger partial charge in [-0.05, 0) is 23.8 Å². The molecule has 0 N–H and O–H groups in total. The lowest BCUT2D eigenvalue weighted by atomic mass is 10.1. The van der Waals surface area contributed by atoms with Crippen molar-refractivity contribution in [3.63, 3.8) is 0 Å². The fourth-order valence-corrected chi connectivity index (χ4v) is 2.90. The number of amides is 1. The molecule has 1 amide bonds. The topological polar surface area (TPSA) is 72.7 Å². The summed E-state index contributed by atoms with van der Waals surface area (Å²) in [6.45, 7) is 0.810. The van der Waals surface area contributed by atoms with E-state index in [2.05, 4.69) is 0 Å². The summed E-state index contributed by atoms with van der Waals surface area (Å²) in [6.07, 6.45) is -0.467. The Kier molecular flexibility index (Phi) is 4.96. The molecule has 0 spiro atoms. The zero-order chi connectivity index (χ0) is 18.0. The minimum absolute atomic E-state index is 0.0655. The van der Waals surface area contributed by atoms with Crippen molar-refractivity contribution in [1.82, 2.24) is 4.90 Å². The Labute approximate surface area is 147 Å². The Morgan fingerprint density at radius 3 is 2.84 bits per heavy atom. The summed E-state index contributed by atoms with van der Waals surface area (Å²) < 4.78 is 19.0. The molecule has 130 valence electrons. The van der Waals surface area contributed by atoms with E-state index in [-0.39, 0.29) is 35.2 Å². The van der Waals surface area contributed by atoms with Gasteiger partial charge < -0.3 is 9.64 Å². The molecule has 0 aromatic heterocycles. The molecule has 0 radical (unpaired) electrons. The number of hydrogen-bond donors (Lipinski definition) is 0. The maximum atomic E-state index is 13.4. The van der Waals surface area contributed by atoms with Crippen LogP contribution in [0, 0.1) is 15.9 Å². The Morgan fingerprint density at radius 1 is 1.32 bits per heavy atom. The summed E-state index contributed by atoms with van der Waals surface area (Å²) in [7, 11) is 0. The number of rotatable bonds is 3. The second-order valence-electron chi connectivity index (χ2n) is 5.59. The minimum atomic E-state index is -0.581. The molecule has 0 bridgehead atoms. The van der Waals surface area contributed by atoms with E-state index < -0.39 is 16.9 Å². The maximum absolute atomic E-state index is 13.4. The normalized spacial score (nSPS) is 17.4. The van der Waals surface area contributed by atoms with Gasteiger partial charge in [-0.2, -0.15) is 0 Å². The van der Waals surface area contributed by atoms with Gasteiger partial charge in [0.1, 0.15) is 11.9 Å². The molecule has 1 aliphatic heterocycles. The number of halogens is 2. The highest BCUT2D eigenvalue weighted by molar-refractivity contribution is 6.33. The summed E-state index contributed by atoms with van der Waals surface area (Å²) in [5.41, 5.74) is 0.487. The van der Waals surface area contributed by atoms with Crippen molar-refractivity contribution in [3.05, 3.63) is 74.5 Å². The lowest BCUT2D eigenvalue weighted by molar-refractivity contribution is -0.384. The monoisotopic (exact) mass is 364 g/mol. The zero-order valence-electron chi connectivity index (χ0n) is 13.0. The highest BCUT2D eigenvalue weighted by Crippen LogP contribution is 2.27. The predicted molar refractivity (Wildman–Crippen MR) is 89.1 cm³/mol. The first-order chi connectivity index (χ1) is 12.0. The van der Waals surface area contributed by atoms with E-state index in [0.29, 0.717) is 12.1 Å². The fraction of sp³-hybridized carbons (Fsp3) is 0.235. The van der Waals surface area contributed by atoms with E-state index in [4.69, 9.17) is 16.3 Å². The Bertz CT molecular complexity index is 830. The smallest absolute Gasteiger partial charge is 0.270 e. The first-order valence-electron chi connectivity index (χ1n) is 7.56. The number of carbonyl (C=O) groups excluding carboxylic acids is 1. The SMILES string of the molecule is O=C(c1cc([N+](=O)[O-])ccc1Cl)N1CCOC(c2cccc(F)c2)C1. The molecule has 0 saturated carbocycles. The Balaban J connectivity index is 1.83. The van der Waals surface area contributed by atoms with E-state index in [9.17, 15) is 19.3 Å². The van der Waals surface area contributed by atoms with Crippen molar-refractivity contribution in [3.8, 4) is 0 Å². The van der Waals surface area contributed by atoms with Crippen LogP contribution < -0.4 is 0 Å². The van der Waals surface area contributed by atoms with Gasteiger partial charge in [-0.15, -0.1) is 0 Å². The maximum Gasteiger partial charge on any atom is 0.270 e. The second-order valence-corrected chi connectivity index (χ2v) is 5.99. The van der Waals surface area contributed by atoms with Crippen molar-refractivity contribution in [2.75, 3.05) is 19.7 Å². The lowest BCUT2D eigenvalue weighted by Crippen LogP contribution is -2.42. The number of non-ortho nitro benzene ring substituents is 1. The molecule has 25 heavy (non-hydrogen) atoms. The molecule has 3 rings (SSSR count). The van der Waals surface area contributed by atoms with Gasteiger partial charge in [0.15, 0.2) is 0 Å². The summed E-state index contributed by atoms with van der Waals surface area (Å²) in [4.78, 5) is 24.6. The van der Waals surface area contributed by atoms with E-state index in [1.165, 1.54) is 29.2 Å². The van der Waals surface area contributed by atoms with Crippen molar-refractivity contribution in [2.24, 2.45) is 0 Å². The van der Waals surface area contributed by atoms with Gasteiger partial charge in [0.25, 0.3) is 11.6 Å². The number of benzene rings is 2. The first kappa shape index (κ1) is 17.3. The molecule has 1 fully saturated rings. The van der Waals surface area contributed by atoms with Crippen LogP contribution in [0.5, 0.6) is 0 Å². The standard InChI is InChI=1S/C17H14ClFN2O4/c18-15-5-4-13(21(23)24)9-14(15)17(22)20-6-7-25-16(10-20)11-2-1-3-12(19)8-11/h1-5,8-9,16H,6-7,10H2. The molecular weight excluding hydrogens is 351 g/mol. The van der Waals surface area contributed by atoms with Crippen LogP contribution in [0.2, 0.25) is 5.02 Å². The van der Waals surface area contributed by atoms with Gasteiger partial charge >= 0.3 is 0 Å². The number of nitrogens with zero attached hydrogens (tertiary/aromatic N) is 2. The third-order valence-corrected chi connectivity index (χ3v) is 4.29. The summed E-state index contributed by atoms with van der Waals surface area (Å²) >= 11 is 6.04. The van der Waals surface area contributed by atoms with Gasteiger partial charge in [0, 0.05) is 18.7 Å². The zero-order valence-corrected chi connectivity index (χ0v) is 13.8. The molecule has 2 aromatic carbocycles. The van der Waals surface area contributed by atoms with Crippen LogP contribution in [0.25, 0.3) is 0 Å². The lowest BCUT2D eigenvalue weighted by Gasteiger charge is -2.33. The molecule has 1 heterocycles. The Morgan fingerprint density at radius 2 is 2.12 bits per heavy atom. The van der Waals surface area contributed by atoms with Crippen molar-refractivity contribution in [1.29, 1.82) is 0 Å². The van der Waals surface area contributed by atoms with Gasteiger partial charge in [-0.1, -0.05) is 23.7 Å². The van der Waals surface area contributed by atoms with Gasteiger partial charge in [0.05, 0.1) is 28.7 Å². The summed E-state index contributed by atoms with van der Waals surface area (Å²) in [5, 5.41) is 11.1. The molecule has 1 saturated heterocycles. The summed E-state index contributed by atoms with van der Waals surface area (Å²) in [6, 6.07) is 9.73. The van der Waals surface area contributed by atoms with E-state index in [1.807, 2.05) is 0 Å². The Hall–Kier alpha value is -2.51. The molecule has 0 aliphatic carbocycles. The van der Waals surface area contributed by atoms with E-state index >= 15 is 0 Å². The minimum Gasteiger partial charge on any atom is -0.370 e. The number of morpholine rings is 1. The van der Waals surface area contributed by atoms with Crippen LogP contribution in [0.1, 0.15) is 22.0 Å². The first-order valence-corrected chi connectivity index (χ1v) is 7.94. The average molecular weight is 365 g/mol. The highest BCUT2D eigenvalue weighted by atomic mass is 35.5. The van der Waals surface area contributed by atoms with E-state index in [1.54, 1.807) is 12.1 Å². The van der Waals surface area contributed by atoms with E-state index in [0.717, 1.165) is 6.07 Å². The molecule has 1 unspecified atom stereocenters. The van der Waals surface area contributed by atoms with Crippen molar-refractivity contribution >= 4 is 23.2 Å². The number of nitro benzene ring substituents is 1. The number of ether oxygens (including phenoxy) is 1. The number of carbonyl (C=O) groups is 1. The van der Waals surface area contributed by atoms with Crippen LogP contribution in [0.3, 0.4) is 0 Å². The number of nitro groups is 1. The molecule has 2 aromatic rings. The van der Waals surface area contributed by atoms with Crippen LogP contribution in [0.15, 0.2) is 42.5 Å². The van der Waals surface area contributed by atoms with Crippen LogP contribution >= 0.6 is 11.6 Å². The molecular formula is C17H14ClFN2O4. The largest absolute Gasteiger partial charge is 0.370 e. The van der Waals surface area contributed by atoms with Gasteiger partial charge in [-0.3, -0.25) is 14.9 Å². The third-order valence-electron chi connectivity index (χ3n) is 3.97. The molecule has 1 aliphatic rings. The number of hydrogen-bond acceptors (Lipinski definition) is 4. The molecule has 6 nitrogen and oxygen atoms in total. The predicted octanol–water partition coefficient (Wildman–Crippen LogP) is 3.60. The van der Waals surface area contributed by atoms with Gasteiger partial charge in [-0.25, -0.2) is 4.39 Å². The summed E-state index contributed by atoms with van der Waals surface area (Å²) in [5.74, 6) is -0.801. The third kappa shape index (κ3) is 3.78. The fourth-order valence-electron chi connectivity index (χ4n) is 2.70. The molecule has 8 heteroatoms. The quantitative estimate of drug-likeness (QED) is 0.616. The van der Waals surface area contributed by atoms with Crippen LogP contribution in [0.4, 0.5) is 10.1 Å². The van der Waals surface area contributed by atoms with Crippen molar-refractivity contribution in [2.45, 2.75) is 6.10 Å². The highest BCUT2D eigenvalue weighted by Gasteiger charge is 2.28. The van der Waals surface area contributed by atoms with Crippen LogP contribution in [-0.2, 0) is 4.74 Å². The van der Waals surface area contributed by atoms with Crippen molar-refractivity contribution < 1.29 is 18.8 Å². The average Bonchev–Trinajstić information content (AvgIpc) is 2.61. The van der Waals surface area contributed by atoms with Gasteiger partial charge in [0.2, 0.25) is 0 Å². The second kappa shape index (κ2) is 7.16. The molecule has 1 atom stereocenters.